The number of nitrogens with zero attached hydrogens (tertiary/aromatic N) is 2. The number of benzene rings is 1. The van der Waals surface area contributed by atoms with E-state index < -0.39 is 6.61 Å². The molecule has 0 aromatic heterocycles. The van der Waals surface area contributed by atoms with E-state index in [9.17, 15) is 8.78 Å². The van der Waals surface area contributed by atoms with Crippen molar-refractivity contribution < 1.29 is 13.5 Å². The lowest BCUT2D eigenvalue weighted by molar-refractivity contribution is -0.0504. The maximum absolute atomic E-state index is 12.3. The highest BCUT2D eigenvalue weighted by Crippen LogP contribution is 2.24. The average Bonchev–Trinajstić information content (AvgIpc) is 2.32. The molecule has 1 aromatic rings. The molecular weight excluding hydrogens is 403 g/mol. The number of hydrogen-bond acceptors (Lipinski definition) is 2. The fourth-order valence-electron chi connectivity index (χ4n) is 1.51. The zero-order valence-corrected chi connectivity index (χ0v) is 14.4. The van der Waals surface area contributed by atoms with Gasteiger partial charge in [0.25, 0.3) is 0 Å². The van der Waals surface area contributed by atoms with Crippen LogP contribution < -0.4 is 10.1 Å². The molecule has 0 saturated carbocycles. The molecule has 1 rings (SSSR count). The summed E-state index contributed by atoms with van der Waals surface area (Å²) in [7, 11) is 5.28. The Kier molecular flexibility index (Phi) is 8.79. The van der Waals surface area contributed by atoms with Gasteiger partial charge in [0.05, 0.1) is 0 Å². The summed E-state index contributed by atoms with van der Waals surface area (Å²) < 4.78 is 29.0. The molecule has 0 saturated heterocycles. The molecule has 0 radical (unpaired) electrons. The van der Waals surface area contributed by atoms with E-state index in [1.807, 2.05) is 14.1 Å². The molecule has 0 bridgehead atoms. The SMILES string of the molecule is CN=C(NCc1cc(Cl)ccc1OC(F)F)N(C)C.I. The van der Waals surface area contributed by atoms with Gasteiger partial charge in [-0.1, -0.05) is 11.6 Å². The van der Waals surface area contributed by atoms with Crippen molar-refractivity contribution in [2.75, 3.05) is 21.1 Å². The molecule has 114 valence electrons. The number of nitrogens with one attached hydrogen (secondary N) is 1. The molecular formula is C12H17ClF2IN3O. The van der Waals surface area contributed by atoms with Gasteiger partial charge in [0.2, 0.25) is 0 Å². The van der Waals surface area contributed by atoms with E-state index in [0.717, 1.165) is 0 Å². The first-order valence-corrected chi connectivity index (χ1v) is 5.93. The monoisotopic (exact) mass is 419 g/mol. The van der Waals surface area contributed by atoms with E-state index in [0.29, 0.717) is 16.5 Å². The Labute approximate surface area is 139 Å². The summed E-state index contributed by atoms with van der Waals surface area (Å²) in [6, 6.07) is 4.50. The van der Waals surface area contributed by atoms with Crippen molar-refractivity contribution in [3.05, 3.63) is 28.8 Å². The minimum atomic E-state index is -2.87. The summed E-state index contributed by atoms with van der Waals surface area (Å²) in [5.74, 6) is 0.726. The molecule has 0 aliphatic carbocycles. The van der Waals surface area contributed by atoms with Gasteiger partial charge < -0.3 is 15.0 Å². The lowest BCUT2D eigenvalue weighted by Gasteiger charge is -2.18. The Morgan fingerprint density at radius 1 is 1.45 bits per heavy atom. The third-order valence-electron chi connectivity index (χ3n) is 2.31. The minimum Gasteiger partial charge on any atom is -0.434 e. The van der Waals surface area contributed by atoms with Crippen LogP contribution in [0.1, 0.15) is 5.56 Å². The summed E-state index contributed by atoms with van der Waals surface area (Å²) >= 11 is 5.85. The number of rotatable bonds is 4. The largest absolute Gasteiger partial charge is 0.434 e. The van der Waals surface area contributed by atoms with Gasteiger partial charge in [-0.2, -0.15) is 8.78 Å². The van der Waals surface area contributed by atoms with Crippen molar-refractivity contribution in [3.63, 3.8) is 0 Å². The first-order chi connectivity index (χ1) is 8.93. The van der Waals surface area contributed by atoms with Gasteiger partial charge in [-0.3, -0.25) is 4.99 Å². The molecule has 0 atom stereocenters. The van der Waals surface area contributed by atoms with E-state index in [1.54, 1.807) is 18.0 Å². The van der Waals surface area contributed by atoms with Gasteiger partial charge >= 0.3 is 6.61 Å². The smallest absolute Gasteiger partial charge is 0.387 e. The average molecular weight is 420 g/mol. The van der Waals surface area contributed by atoms with Crippen LogP contribution in [0.3, 0.4) is 0 Å². The van der Waals surface area contributed by atoms with Crippen molar-refractivity contribution in [3.8, 4) is 5.75 Å². The van der Waals surface area contributed by atoms with Crippen molar-refractivity contribution >= 4 is 41.5 Å². The second-order valence-corrected chi connectivity index (χ2v) is 4.36. The highest BCUT2D eigenvalue weighted by Gasteiger charge is 2.11. The quantitative estimate of drug-likeness (QED) is 0.463. The van der Waals surface area contributed by atoms with Gasteiger partial charge in [-0.05, 0) is 18.2 Å². The molecule has 0 aliphatic heterocycles. The number of halogens is 4. The second-order valence-electron chi connectivity index (χ2n) is 3.93. The Balaban J connectivity index is 0.00000361. The molecule has 0 aliphatic rings. The first-order valence-electron chi connectivity index (χ1n) is 5.55. The first kappa shape index (κ1) is 19.2. The number of alkyl halides is 2. The van der Waals surface area contributed by atoms with Crippen molar-refractivity contribution in [2.24, 2.45) is 4.99 Å². The second kappa shape index (κ2) is 9.17. The Bertz CT molecular complexity index is 458. The van der Waals surface area contributed by atoms with Crippen LogP contribution in [0.25, 0.3) is 0 Å². The van der Waals surface area contributed by atoms with E-state index >= 15 is 0 Å². The molecule has 8 heteroatoms. The number of guanidine groups is 1. The summed E-state index contributed by atoms with van der Waals surface area (Å²) in [6.07, 6.45) is 0. The Hall–Kier alpha value is -0.830. The lowest BCUT2D eigenvalue weighted by atomic mass is 10.2. The van der Waals surface area contributed by atoms with Crippen LogP contribution in [0.4, 0.5) is 8.78 Å². The predicted molar refractivity (Wildman–Crippen MR) is 87.4 cm³/mol. The van der Waals surface area contributed by atoms with E-state index in [2.05, 4.69) is 15.0 Å². The van der Waals surface area contributed by atoms with Crippen molar-refractivity contribution in [2.45, 2.75) is 13.2 Å². The summed E-state index contributed by atoms with van der Waals surface area (Å²) in [5, 5.41) is 3.48. The molecule has 4 nitrogen and oxygen atoms in total. The van der Waals surface area contributed by atoms with Gasteiger partial charge in [0.1, 0.15) is 5.75 Å². The van der Waals surface area contributed by atoms with E-state index in [1.165, 1.54) is 12.1 Å². The van der Waals surface area contributed by atoms with Crippen molar-refractivity contribution in [1.29, 1.82) is 0 Å². The molecule has 0 spiro atoms. The fourth-order valence-corrected chi connectivity index (χ4v) is 1.70. The Morgan fingerprint density at radius 3 is 2.60 bits per heavy atom. The summed E-state index contributed by atoms with van der Waals surface area (Å²) in [6.45, 7) is -2.58. The van der Waals surface area contributed by atoms with Gasteiger partial charge in [-0.15, -0.1) is 24.0 Å². The minimum absolute atomic E-state index is 0. The maximum Gasteiger partial charge on any atom is 0.387 e. The normalized spacial score (nSPS) is 11.1. The molecule has 20 heavy (non-hydrogen) atoms. The van der Waals surface area contributed by atoms with Crippen molar-refractivity contribution in [1.82, 2.24) is 10.2 Å². The summed E-state index contributed by atoms with van der Waals surface area (Å²) in [4.78, 5) is 5.80. The molecule has 0 heterocycles. The van der Waals surface area contributed by atoms with Crippen LogP contribution in [0.2, 0.25) is 5.02 Å². The van der Waals surface area contributed by atoms with Crippen LogP contribution in [0.5, 0.6) is 5.75 Å². The molecule has 1 aromatic carbocycles. The molecule has 0 amide bonds. The highest BCUT2D eigenvalue weighted by molar-refractivity contribution is 14.0. The zero-order valence-electron chi connectivity index (χ0n) is 11.4. The summed E-state index contributed by atoms with van der Waals surface area (Å²) in [5.41, 5.74) is 0.538. The zero-order chi connectivity index (χ0) is 14.4. The highest BCUT2D eigenvalue weighted by atomic mass is 127. The third-order valence-corrected chi connectivity index (χ3v) is 2.55. The van der Waals surface area contributed by atoms with Crippen LogP contribution in [0.15, 0.2) is 23.2 Å². The lowest BCUT2D eigenvalue weighted by Crippen LogP contribution is -2.35. The molecule has 0 fully saturated rings. The van der Waals surface area contributed by atoms with Crippen LogP contribution in [0, 0.1) is 0 Å². The van der Waals surface area contributed by atoms with Gasteiger partial charge in [0.15, 0.2) is 5.96 Å². The van der Waals surface area contributed by atoms with Gasteiger partial charge in [-0.25, -0.2) is 0 Å². The predicted octanol–water partition coefficient (Wildman–Crippen LogP) is 3.20. The third kappa shape index (κ3) is 6.08. The Morgan fingerprint density at radius 2 is 2.10 bits per heavy atom. The number of hydrogen-bond donors (Lipinski definition) is 1. The topological polar surface area (TPSA) is 36.9 Å². The standard InChI is InChI=1S/C12H16ClF2N3O.HI/c1-16-12(18(2)3)17-7-8-6-9(13)4-5-10(8)19-11(14)15;/h4-6,11H,7H2,1-3H3,(H,16,17);1H. The number of ether oxygens (including phenoxy) is 1. The van der Waals surface area contributed by atoms with Crippen LogP contribution in [-0.2, 0) is 6.54 Å². The van der Waals surface area contributed by atoms with Crippen LogP contribution >= 0.6 is 35.6 Å². The molecule has 0 unspecified atom stereocenters. The number of aliphatic imine (C=N–C) groups is 1. The van der Waals surface area contributed by atoms with E-state index in [4.69, 9.17) is 11.6 Å². The maximum atomic E-state index is 12.3. The molecule has 1 N–H and O–H groups in total. The van der Waals surface area contributed by atoms with Gasteiger partial charge in [0, 0.05) is 38.3 Å². The van der Waals surface area contributed by atoms with Crippen LogP contribution in [-0.4, -0.2) is 38.6 Å². The fraction of sp³-hybridized carbons (Fsp3) is 0.417. The van der Waals surface area contributed by atoms with E-state index in [-0.39, 0.29) is 36.3 Å².